The van der Waals surface area contributed by atoms with Gasteiger partial charge in [-0.3, -0.25) is 20.4 Å². The minimum atomic E-state index is -3.77. The molecular weight excluding hydrogens is 430 g/mol. The summed E-state index contributed by atoms with van der Waals surface area (Å²) in [6.07, 6.45) is -0.207. The Labute approximate surface area is 180 Å². The molecule has 0 fully saturated rings. The summed E-state index contributed by atoms with van der Waals surface area (Å²) in [5.74, 6) is -1.67. The SMILES string of the molecule is CC(C)(C)c1ccc(S(=O)(=O)NCCC(=O)NNC(=O)c2cc(Cl)ccc2O)cc1. The van der Waals surface area contributed by atoms with Crippen LogP contribution in [0.25, 0.3) is 0 Å². The van der Waals surface area contributed by atoms with Crippen LogP contribution in [0.1, 0.15) is 43.1 Å². The Hall–Kier alpha value is -2.62. The molecule has 0 spiro atoms. The van der Waals surface area contributed by atoms with E-state index in [1.54, 1.807) is 12.1 Å². The molecule has 0 aliphatic carbocycles. The lowest BCUT2D eigenvalue weighted by Gasteiger charge is -2.19. The van der Waals surface area contributed by atoms with E-state index in [0.29, 0.717) is 0 Å². The van der Waals surface area contributed by atoms with E-state index in [9.17, 15) is 23.1 Å². The highest BCUT2D eigenvalue weighted by molar-refractivity contribution is 7.89. The molecule has 162 valence electrons. The number of hydrogen-bond acceptors (Lipinski definition) is 5. The molecule has 0 saturated heterocycles. The number of aromatic hydroxyl groups is 1. The maximum atomic E-state index is 12.3. The first kappa shape index (κ1) is 23.7. The molecule has 30 heavy (non-hydrogen) atoms. The van der Waals surface area contributed by atoms with Gasteiger partial charge in [0.1, 0.15) is 5.75 Å². The molecule has 0 aliphatic heterocycles. The van der Waals surface area contributed by atoms with E-state index in [-0.39, 0.29) is 39.6 Å². The third kappa shape index (κ3) is 6.45. The normalized spacial score (nSPS) is 11.7. The van der Waals surface area contributed by atoms with Gasteiger partial charge in [-0.1, -0.05) is 44.5 Å². The van der Waals surface area contributed by atoms with Gasteiger partial charge in [-0.25, -0.2) is 13.1 Å². The van der Waals surface area contributed by atoms with Crippen molar-refractivity contribution in [2.45, 2.75) is 37.5 Å². The number of halogens is 1. The molecule has 0 aromatic heterocycles. The highest BCUT2D eigenvalue weighted by atomic mass is 35.5. The van der Waals surface area contributed by atoms with Crippen molar-refractivity contribution in [1.82, 2.24) is 15.6 Å². The van der Waals surface area contributed by atoms with E-state index in [4.69, 9.17) is 11.6 Å². The molecule has 2 rings (SSSR count). The van der Waals surface area contributed by atoms with Crippen molar-refractivity contribution in [3.63, 3.8) is 0 Å². The third-order valence-electron chi connectivity index (χ3n) is 4.19. The van der Waals surface area contributed by atoms with Gasteiger partial charge in [-0.2, -0.15) is 0 Å². The lowest BCUT2D eigenvalue weighted by Crippen LogP contribution is -2.42. The number of nitrogens with one attached hydrogen (secondary N) is 3. The molecule has 2 aromatic carbocycles. The largest absolute Gasteiger partial charge is 0.507 e. The zero-order chi connectivity index (χ0) is 22.5. The van der Waals surface area contributed by atoms with Crippen molar-refractivity contribution in [3.05, 3.63) is 58.6 Å². The Morgan fingerprint density at radius 3 is 2.27 bits per heavy atom. The van der Waals surface area contributed by atoms with Crippen LogP contribution in [0, 0.1) is 0 Å². The molecule has 0 aliphatic rings. The van der Waals surface area contributed by atoms with Crippen LogP contribution in [0.2, 0.25) is 5.02 Å². The maximum Gasteiger partial charge on any atom is 0.273 e. The van der Waals surface area contributed by atoms with Gasteiger partial charge in [0.05, 0.1) is 10.5 Å². The highest BCUT2D eigenvalue weighted by Crippen LogP contribution is 2.23. The molecule has 4 N–H and O–H groups in total. The molecule has 8 nitrogen and oxygen atoms in total. The zero-order valence-corrected chi connectivity index (χ0v) is 18.4. The van der Waals surface area contributed by atoms with Crippen LogP contribution in [0.4, 0.5) is 0 Å². The monoisotopic (exact) mass is 453 g/mol. The van der Waals surface area contributed by atoms with Crippen molar-refractivity contribution in [1.29, 1.82) is 0 Å². The number of carbonyl (C=O) groups is 2. The van der Waals surface area contributed by atoms with E-state index in [1.807, 2.05) is 20.8 Å². The van der Waals surface area contributed by atoms with Gasteiger partial charge in [0, 0.05) is 18.0 Å². The number of sulfonamides is 1. The van der Waals surface area contributed by atoms with Crippen molar-refractivity contribution >= 4 is 33.4 Å². The van der Waals surface area contributed by atoms with Crippen molar-refractivity contribution in [2.75, 3.05) is 6.54 Å². The first-order valence-corrected chi connectivity index (χ1v) is 10.9. The predicted octanol–water partition coefficient (Wildman–Crippen LogP) is 2.47. The molecule has 2 aromatic rings. The first-order chi connectivity index (χ1) is 13.9. The van der Waals surface area contributed by atoms with E-state index < -0.39 is 21.8 Å². The Bertz CT molecular complexity index is 1030. The molecule has 10 heteroatoms. The lowest BCUT2D eigenvalue weighted by atomic mass is 9.87. The topological polar surface area (TPSA) is 125 Å². The number of amides is 2. The molecule has 0 unspecified atom stereocenters. The van der Waals surface area contributed by atoms with Crippen LogP contribution in [-0.2, 0) is 20.2 Å². The van der Waals surface area contributed by atoms with Gasteiger partial charge in [0.2, 0.25) is 15.9 Å². The summed E-state index contributed by atoms with van der Waals surface area (Å²) in [5, 5.41) is 9.91. The predicted molar refractivity (Wildman–Crippen MR) is 114 cm³/mol. The van der Waals surface area contributed by atoms with Crippen LogP contribution in [0.3, 0.4) is 0 Å². The minimum Gasteiger partial charge on any atom is -0.507 e. The summed E-state index contributed by atoms with van der Waals surface area (Å²) in [6.45, 7) is 5.92. The number of benzene rings is 2. The smallest absolute Gasteiger partial charge is 0.273 e. The van der Waals surface area contributed by atoms with E-state index in [0.717, 1.165) is 5.56 Å². The minimum absolute atomic E-state index is 0.0971. The highest BCUT2D eigenvalue weighted by Gasteiger charge is 2.18. The second-order valence-electron chi connectivity index (χ2n) is 7.59. The van der Waals surface area contributed by atoms with Gasteiger partial charge in [0.15, 0.2) is 0 Å². The number of hydrazine groups is 1. The fourth-order valence-corrected chi connectivity index (χ4v) is 3.67. The Balaban J connectivity index is 1.84. The van der Waals surface area contributed by atoms with Crippen LogP contribution >= 0.6 is 11.6 Å². The second-order valence-corrected chi connectivity index (χ2v) is 9.79. The van der Waals surface area contributed by atoms with Crippen molar-refractivity contribution in [3.8, 4) is 5.75 Å². The molecule has 0 bridgehead atoms. The Morgan fingerprint density at radius 2 is 1.67 bits per heavy atom. The summed E-state index contributed by atoms with van der Waals surface area (Å²) in [7, 11) is -3.77. The number of phenolic OH excluding ortho intramolecular Hbond substituents is 1. The molecule has 0 atom stereocenters. The average Bonchev–Trinajstić information content (AvgIpc) is 2.67. The average molecular weight is 454 g/mol. The van der Waals surface area contributed by atoms with Gasteiger partial charge in [-0.15, -0.1) is 0 Å². The number of rotatable bonds is 6. The van der Waals surface area contributed by atoms with E-state index in [2.05, 4.69) is 15.6 Å². The number of phenols is 1. The summed E-state index contributed by atoms with van der Waals surface area (Å²) in [5.41, 5.74) is 5.08. The third-order valence-corrected chi connectivity index (χ3v) is 5.91. The molecule has 2 amide bonds. The first-order valence-electron chi connectivity index (χ1n) is 9.08. The van der Waals surface area contributed by atoms with Gasteiger partial charge >= 0.3 is 0 Å². The van der Waals surface area contributed by atoms with Gasteiger partial charge in [-0.05, 0) is 41.3 Å². The lowest BCUT2D eigenvalue weighted by molar-refractivity contribution is -0.121. The fraction of sp³-hybridized carbons (Fsp3) is 0.300. The second kappa shape index (κ2) is 9.46. The summed E-state index contributed by atoms with van der Waals surface area (Å²) in [4.78, 5) is 23.9. The van der Waals surface area contributed by atoms with Crippen molar-refractivity contribution in [2.24, 2.45) is 0 Å². The van der Waals surface area contributed by atoms with Crippen LogP contribution in [-0.4, -0.2) is 31.9 Å². The van der Waals surface area contributed by atoms with Gasteiger partial charge in [0.25, 0.3) is 5.91 Å². The number of hydrogen-bond donors (Lipinski definition) is 4. The van der Waals surface area contributed by atoms with Crippen LogP contribution in [0.5, 0.6) is 5.75 Å². The molecular formula is C20H24ClN3O5S. The zero-order valence-electron chi connectivity index (χ0n) is 16.8. The fourth-order valence-electron chi connectivity index (χ4n) is 2.46. The van der Waals surface area contributed by atoms with Crippen LogP contribution < -0.4 is 15.6 Å². The molecule has 0 heterocycles. The van der Waals surface area contributed by atoms with E-state index in [1.165, 1.54) is 30.3 Å². The summed E-state index contributed by atoms with van der Waals surface area (Å²) >= 11 is 5.77. The van der Waals surface area contributed by atoms with Gasteiger partial charge < -0.3 is 5.11 Å². The van der Waals surface area contributed by atoms with Crippen LogP contribution in [0.15, 0.2) is 47.4 Å². The number of carbonyl (C=O) groups excluding carboxylic acids is 2. The summed E-state index contributed by atoms with van der Waals surface area (Å²) in [6, 6.07) is 10.4. The standard InChI is InChI=1S/C20H24ClN3O5S/c1-20(2,3)13-4-7-15(8-5-13)30(28,29)22-11-10-18(26)23-24-19(27)16-12-14(21)6-9-17(16)25/h4-9,12,22,25H,10-11H2,1-3H3,(H,23,26)(H,24,27). The maximum absolute atomic E-state index is 12.3. The quantitative estimate of drug-likeness (QED) is 0.500. The van der Waals surface area contributed by atoms with Crippen molar-refractivity contribution < 1.29 is 23.1 Å². The Kier molecular flexibility index (Phi) is 7.46. The Morgan fingerprint density at radius 1 is 1.03 bits per heavy atom. The van der Waals surface area contributed by atoms with E-state index >= 15 is 0 Å². The summed E-state index contributed by atoms with van der Waals surface area (Å²) < 4.78 is 27.0. The molecule has 0 saturated carbocycles. The molecule has 0 radical (unpaired) electrons.